The summed E-state index contributed by atoms with van der Waals surface area (Å²) in [5.41, 5.74) is 4.36. The van der Waals surface area contributed by atoms with Crippen LogP contribution in [0.15, 0.2) is 24.3 Å². The van der Waals surface area contributed by atoms with Crippen molar-refractivity contribution in [3.63, 3.8) is 0 Å². The molecule has 1 aliphatic heterocycles. The number of aliphatic carboxylic acids is 1. The molecular weight excluding hydrogens is 316 g/mol. The van der Waals surface area contributed by atoms with Crippen molar-refractivity contribution in [1.82, 2.24) is 5.32 Å². The van der Waals surface area contributed by atoms with E-state index in [1.807, 2.05) is 0 Å². The monoisotopic (exact) mass is 336 g/mol. The molecule has 0 atom stereocenters. The van der Waals surface area contributed by atoms with E-state index in [2.05, 4.69) is 5.32 Å². The van der Waals surface area contributed by atoms with Gasteiger partial charge in [-0.1, -0.05) is 0 Å². The molecule has 130 valence electrons. The van der Waals surface area contributed by atoms with E-state index in [0.717, 1.165) is 0 Å². The smallest absolute Gasteiger partial charge is 0.311 e. The molecule has 8 nitrogen and oxygen atoms in total. The van der Waals surface area contributed by atoms with Crippen molar-refractivity contribution < 1.29 is 29.0 Å². The van der Waals surface area contributed by atoms with Crippen LogP contribution in [0.5, 0.6) is 5.75 Å². The highest BCUT2D eigenvalue weighted by atomic mass is 16.5. The van der Waals surface area contributed by atoms with E-state index in [1.54, 1.807) is 12.1 Å². The van der Waals surface area contributed by atoms with Crippen molar-refractivity contribution in [3.8, 4) is 5.75 Å². The Labute approximate surface area is 138 Å². The molecule has 0 saturated carbocycles. The normalized spacial score (nSPS) is 16.2. The second kappa shape index (κ2) is 7.78. The summed E-state index contributed by atoms with van der Waals surface area (Å²) in [5.74, 6) is -1.48. The molecule has 1 fully saturated rings. The Balaban J connectivity index is 1.94. The summed E-state index contributed by atoms with van der Waals surface area (Å²) in [6, 6.07) is 6.14. The van der Waals surface area contributed by atoms with E-state index in [0.29, 0.717) is 37.4 Å². The minimum atomic E-state index is -0.988. The molecule has 0 radical (unpaired) electrons. The van der Waals surface area contributed by atoms with Crippen LogP contribution in [0.3, 0.4) is 0 Å². The van der Waals surface area contributed by atoms with Crippen LogP contribution in [-0.4, -0.2) is 49.3 Å². The molecule has 4 N–H and O–H groups in total. The van der Waals surface area contributed by atoms with Crippen LogP contribution >= 0.6 is 0 Å². The predicted octanol–water partition coefficient (Wildman–Crippen LogP) is 0.162. The number of carbonyl (C=O) groups excluding carboxylic acids is 2. The minimum Gasteiger partial charge on any atom is -0.484 e. The molecule has 0 aliphatic carbocycles. The summed E-state index contributed by atoms with van der Waals surface area (Å²) in [5, 5.41) is 12.1. The number of nitrogens with two attached hydrogens (primary N) is 1. The zero-order valence-electron chi connectivity index (χ0n) is 13.1. The van der Waals surface area contributed by atoms with Gasteiger partial charge in [0.05, 0.1) is 5.41 Å². The lowest BCUT2D eigenvalue weighted by atomic mass is 9.80. The zero-order valence-corrected chi connectivity index (χ0v) is 13.1. The van der Waals surface area contributed by atoms with Crippen LogP contribution in [0.2, 0.25) is 0 Å². The Bertz CT molecular complexity index is 607. The van der Waals surface area contributed by atoms with E-state index < -0.39 is 17.3 Å². The lowest BCUT2D eigenvalue weighted by molar-refractivity contribution is -0.154. The van der Waals surface area contributed by atoms with Gasteiger partial charge in [-0.25, -0.2) is 0 Å². The first-order chi connectivity index (χ1) is 11.4. The van der Waals surface area contributed by atoms with Crippen LogP contribution < -0.4 is 15.8 Å². The van der Waals surface area contributed by atoms with E-state index in [1.165, 1.54) is 12.1 Å². The number of nitrogens with one attached hydrogen (secondary N) is 1. The number of carbonyl (C=O) groups is 3. The summed E-state index contributed by atoms with van der Waals surface area (Å²) < 4.78 is 10.3. The molecule has 2 amide bonds. The fourth-order valence-corrected chi connectivity index (χ4v) is 2.44. The molecule has 0 spiro atoms. The molecule has 2 rings (SSSR count). The van der Waals surface area contributed by atoms with Gasteiger partial charge < -0.3 is 25.6 Å². The molecule has 8 heteroatoms. The van der Waals surface area contributed by atoms with Gasteiger partial charge in [-0.3, -0.25) is 14.4 Å². The molecule has 1 heterocycles. The van der Waals surface area contributed by atoms with Crippen molar-refractivity contribution in [2.75, 3.05) is 26.4 Å². The quantitative estimate of drug-likeness (QED) is 0.651. The lowest BCUT2D eigenvalue weighted by Crippen LogP contribution is -2.46. The van der Waals surface area contributed by atoms with Gasteiger partial charge in [0.1, 0.15) is 5.75 Å². The second-order valence-electron chi connectivity index (χ2n) is 5.66. The maximum Gasteiger partial charge on any atom is 0.311 e. The van der Waals surface area contributed by atoms with Gasteiger partial charge in [0.25, 0.3) is 11.8 Å². The van der Waals surface area contributed by atoms with Gasteiger partial charge >= 0.3 is 5.97 Å². The lowest BCUT2D eigenvalue weighted by Gasteiger charge is -2.33. The Hall–Kier alpha value is -2.61. The molecule has 1 aliphatic rings. The minimum absolute atomic E-state index is 0.0461. The van der Waals surface area contributed by atoms with Gasteiger partial charge in [0, 0.05) is 25.3 Å². The Morgan fingerprint density at radius 3 is 2.38 bits per heavy atom. The summed E-state index contributed by atoms with van der Waals surface area (Å²) in [6.07, 6.45) is 0.727. The third-order valence-corrected chi connectivity index (χ3v) is 3.99. The van der Waals surface area contributed by atoms with Gasteiger partial charge in [-0.05, 0) is 37.1 Å². The molecule has 24 heavy (non-hydrogen) atoms. The molecule has 1 aromatic carbocycles. The zero-order chi connectivity index (χ0) is 17.6. The SMILES string of the molecule is NC(=O)COc1ccc(C(=O)NCC2(C(=O)O)CCOCC2)cc1. The highest BCUT2D eigenvalue weighted by Crippen LogP contribution is 2.30. The highest BCUT2D eigenvalue weighted by molar-refractivity contribution is 5.94. The van der Waals surface area contributed by atoms with Gasteiger partial charge in [-0.2, -0.15) is 0 Å². The van der Waals surface area contributed by atoms with Gasteiger partial charge in [0.2, 0.25) is 0 Å². The number of amides is 2. The summed E-state index contributed by atoms with van der Waals surface area (Å²) >= 11 is 0. The highest BCUT2D eigenvalue weighted by Gasteiger charge is 2.40. The average molecular weight is 336 g/mol. The summed E-state index contributed by atoms with van der Waals surface area (Å²) in [6.45, 7) is 0.543. The molecule has 1 aromatic rings. The third kappa shape index (κ3) is 4.45. The van der Waals surface area contributed by atoms with Crippen molar-refractivity contribution >= 4 is 17.8 Å². The van der Waals surface area contributed by atoms with Gasteiger partial charge in [0.15, 0.2) is 6.61 Å². The summed E-state index contributed by atoms with van der Waals surface area (Å²) in [7, 11) is 0. The van der Waals surface area contributed by atoms with Crippen molar-refractivity contribution in [1.29, 1.82) is 0 Å². The first-order valence-corrected chi connectivity index (χ1v) is 7.53. The maximum absolute atomic E-state index is 12.2. The van der Waals surface area contributed by atoms with E-state index in [4.69, 9.17) is 15.2 Å². The maximum atomic E-state index is 12.2. The van der Waals surface area contributed by atoms with Crippen molar-refractivity contribution in [3.05, 3.63) is 29.8 Å². The molecular formula is C16H20N2O6. The van der Waals surface area contributed by atoms with E-state index in [9.17, 15) is 19.5 Å². The van der Waals surface area contributed by atoms with Crippen LogP contribution in [0.25, 0.3) is 0 Å². The molecule has 1 saturated heterocycles. The third-order valence-electron chi connectivity index (χ3n) is 3.99. The number of carboxylic acid groups (broad SMARTS) is 1. The Morgan fingerprint density at radius 1 is 1.21 bits per heavy atom. The largest absolute Gasteiger partial charge is 0.484 e. The summed E-state index contributed by atoms with van der Waals surface area (Å²) in [4.78, 5) is 34.4. The molecule has 0 aromatic heterocycles. The van der Waals surface area contributed by atoms with Crippen LogP contribution in [0.1, 0.15) is 23.2 Å². The number of hydrogen-bond donors (Lipinski definition) is 3. The van der Waals surface area contributed by atoms with Crippen LogP contribution in [0, 0.1) is 5.41 Å². The topological polar surface area (TPSA) is 128 Å². The molecule has 0 unspecified atom stereocenters. The average Bonchev–Trinajstić information content (AvgIpc) is 2.59. The number of hydrogen-bond acceptors (Lipinski definition) is 5. The fourth-order valence-electron chi connectivity index (χ4n) is 2.44. The van der Waals surface area contributed by atoms with Crippen LogP contribution in [-0.2, 0) is 14.3 Å². The molecule has 0 bridgehead atoms. The number of ether oxygens (including phenoxy) is 2. The number of benzene rings is 1. The van der Waals surface area contributed by atoms with Gasteiger partial charge in [-0.15, -0.1) is 0 Å². The Morgan fingerprint density at radius 2 is 1.83 bits per heavy atom. The standard InChI is InChI=1S/C16H20N2O6/c17-13(19)9-24-12-3-1-11(2-4-12)14(20)18-10-16(15(21)22)5-7-23-8-6-16/h1-4H,5-10H2,(H2,17,19)(H,18,20)(H,21,22). The fraction of sp³-hybridized carbons (Fsp3) is 0.438. The van der Waals surface area contributed by atoms with Crippen molar-refractivity contribution in [2.45, 2.75) is 12.8 Å². The number of carboxylic acids is 1. The first-order valence-electron chi connectivity index (χ1n) is 7.53. The first kappa shape index (κ1) is 17.7. The van der Waals surface area contributed by atoms with E-state index in [-0.39, 0.29) is 19.1 Å². The van der Waals surface area contributed by atoms with Crippen LogP contribution in [0.4, 0.5) is 0 Å². The van der Waals surface area contributed by atoms with E-state index >= 15 is 0 Å². The Kier molecular flexibility index (Phi) is 5.75. The number of primary amides is 1. The van der Waals surface area contributed by atoms with Crippen molar-refractivity contribution in [2.24, 2.45) is 11.1 Å². The second-order valence-corrected chi connectivity index (χ2v) is 5.66. The number of rotatable bonds is 7. The predicted molar refractivity (Wildman–Crippen MR) is 83.6 cm³/mol.